The van der Waals surface area contributed by atoms with Crippen LogP contribution in [0.3, 0.4) is 0 Å². The number of rotatable bonds is 2. The van der Waals surface area contributed by atoms with Crippen molar-refractivity contribution in [2.24, 2.45) is 0 Å². The molecular weight excluding hydrogens is 209 g/mol. The maximum absolute atomic E-state index is 12.7. The standard InChI is InChI=1S/C8H9BrFN/c1-6-4-7(11-5-9)2-3-8(6)10/h2-4,11H,5H2,1H3. The van der Waals surface area contributed by atoms with Crippen molar-refractivity contribution in [2.75, 3.05) is 10.8 Å². The van der Waals surface area contributed by atoms with Gasteiger partial charge in [-0.05, 0) is 30.7 Å². The van der Waals surface area contributed by atoms with Gasteiger partial charge in [0.2, 0.25) is 0 Å². The summed E-state index contributed by atoms with van der Waals surface area (Å²) in [6.45, 7) is 1.74. The number of hydrogen-bond donors (Lipinski definition) is 1. The number of hydrogen-bond acceptors (Lipinski definition) is 1. The third-order valence-electron chi connectivity index (χ3n) is 1.43. The zero-order chi connectivity index (χ0) is 8.27. The van der Waals surface area contributed by atoms with Crippen LogP contribution in [0, 0.1) is 12.7 Å². The molecule has 1 aromatic carbocycles. The van der Waals surface area contributed by atoms with E-state index in [0.29, 0.717) is 11.0 Å². The first kappa shape index (κ1) is 8.53. The van der Waals surface area contributed by atoms with Crippen LogP contribution in [0.4, 0.5) is 10.1 Å². The highest BCUT2D eigenvalue weighted by Crippen LogP contribution is 2.13. The van der Waals surface area contributed by atoms with E-state index in [0.717, 1.165) is 5.69 Å². The van der Waals surface area contributed by atoms with E-state index in [1.807, 2.05) is 0 Å². The molecular formula is C8H9BrFN. The molecule has 1 aromatic rings. The Morgan fingerprint density at radius 3 is 2.82 bits per heavy atom. The lowest BCUT2D eigenvalue weighted by Gasteiger charge is -2.02. The maximum atomic E-state index is 12.7. The fourth-order valence-corrected chi connectivity index (χ4v) is 1.16. The molecule has 0 atom stereocenters. The Morgan fingerprint density at radius 1 is 1.55 bits per heavy atom. The van der Waals surface area contributed by atoms with Gasteiger partial charge in [0, 0.05) is 5.69 Å². The van der Waals surface area contributed by atoms with Crippen molar-refractivity contribution < 1.29 is 4.39 Å². The number of aryl methyl sites for hydroxylation is 1. The summed E-state index contributed by atoms with van der Waals surface area (Å²) in [4.78, 5) is 0. The van der Waals surface area contributed by atoms with Crippen LogP contribution in [-0.4, -0.2) is 5.45 Å². The molecule has 11 heavy (non-hydrogen) atoms. The van der Waals surface area contributed by atoms with Gasteiger partial charge in [-0.3, -0.25) is 0 Å². The molecule has 0 spiro atoms. The molecule has 0 radical (unpaired) electrons. The molecule has 3 heteroatoms. The Hall–Kier alpha value is -0.570. The summed E-state index contributed by atoms with van der Waals surface area (Å²) in [5.74, 6) is -0.162. The minimum atomic E-state index is -0.162. The van der Waals surface area contributed by atoms with Gasteiger partial charge in [-0.1, -0.05) is 15.9 Å². The summed E-state index contributed by atoms with van der Waals surface area (Å²) in [6.07, 6.45) is 0. The van der Waals surface area contributed by atoms with Crippen molar-refractivity contribution in [3.8, 4) is 0 Å². The fourth-order valence-electron chi connectivity index (χ4n) is 0.832. The number of anilines is 1. The van der Waals surface area contributed by atoms with Crippen molar-refractivity contribution in [2.45, 2.75) is 6.92 Å². The third-order valence-corrected chi connectivity index (χ3v) is 1.71. The lowest BCUT2D eigenvalue weighted by molar-refractivity contribution is 0.619. The highest BCUT2D eigenvalue weighted by Gasteiger charge is 1.96. The number of nitrogens with one attached hydrogen (secondary N) is 1. The molecule has 0 aliphatic carbocycles. The minimum absolute atomic E-state index is 0.162. The molecule has 0 aliphatic heterocycles. The normalized spacial score (nSPS) is 9.73. The van der Waals surface area contributed by atoms with Crippen molar-refractivity contribution in [3.63, 3.8) is 0 Å². The first-order valence-corrected chi connectivity index (χ1v) is 4.42. The van der Waals surface area contributed by atoms with Crippen molar-refractivity contribution in [1.29, 1.82) is 0 Å². The zero-order valence-corrected chi connectivity index (χ0v) is 7.78. The van der Waals surface area contributed by atoms with Gasteiger partial charge in [0.15, 0.2) is 0 Å². The monoisotopic (exact) mass is 217 g/mol. The highest BCUT2D eigenvalue weighted by atomic mass is 79.9. The van der Waals surface area contributed by atoms with E-state index in [4.69, 9.17) is 0 Å². The quantitative estimate of drug-likeness (QED) is 0.594. The first-order chi connectivity index (χ1) is 5.24. The summed E-state index contributed by atoms with van der Waals surface area (Å²) >= 11 is 3.22. The number of halogens is 2. The van der Waals surface area contributed by atoms with Crippen LogP contribution in [0.1, 0.15) is 5.56 Å². The minimum Gasteiger partial charge on any atom is -0.375 e. The molecule has 60 valence electrons. The molecule has 0 saturated heterocycles. The summed E-state index contributed by atoms with van der Waals surface area (Å²) < 4.78 is 12.7. The van der Waals surface area contributed by atoms with Crippen LogP contribution in [0.25, 0.3) is 0 Å². The van der Waals surface area contributed by atoms with Crippen molar-refractivity contribution in [1.82, 2.24) is 0 Å². The topological polar surface area (TPSA) is 12.0 Å². The van der Waals surface area contributed by atoms with E-state index >= 15 is 0 Å². The van der Waals surface area contributed by atoms with Crippen molar-refractivity contribution >= 4 is 21.6 Å². The van der Waals surface area contributed by atoms with Gasteiger partial charge >= 0.3 is 0 Å². The van der Waals surface area contributed by atoms with E-state index in [9.17, 15) is 4.39 Å². The lowest BCUT2D eigenvalue weighted by atomic mass is 10.2. The van der Waals surface area contributed by atoms with E-state index in [1.165, 1.54) is 6.07 Å². The van der Waals surface area contributed by atoms with E-state index in [1.54, 1.807) is 19.1 Å². The SMILES string of the molecule is Cc1cc(NCBr)ccc1F. The lowest BCUT2D eigenvalue weighted by Crippen LogP contribution is -1.94. The molecule has 1 N–H and O–H groups in total. The van der Waals surface area contributed by atoms with Crippen LogP contribution >= 0.6 is 15.9 Å². The molecule has 0 amide bonds. The van der Waals surface area contributed by atoms with Gasteiger partial charge in [-0.15, -0.1) is 0 Å². The van der Waals surface area contributed by atoms with Crippen LogP contribution in [0.5, 0.6) is 0 Å². The molecule has 0 bridgehead atoms. The molecule has 0 aliphatic rings. The van der Waals surface area contributed by atoms with Gasteiger partial charge in [0.25, 0.3) is 0 Å². The average molecular weight is 218 g/mol. The predicted molar refractivity (Wildman–Crippen MR) is 48.6 cm³/mol. The second-order valence-electron chi connectivity index (χ2n) is 2.27. The van der Waals surface area contributed by atoms with Crippen molar-refractivity contribution in [3.05, 3.63) is 29.6 Å². The molecule has 0 unspecified atom stereocenters. The van der Waals surface area contributed by atoms with Crippen LogP contribution in [0.15, 0.2) is 18.2 Å². The smallest absolute Gasteiger partial charge is 0.126 e. The van der Waals surface area contributed by atoms with Crippen LogP contribution in [0.2, 0.25) is 0 Å². The average Bonchev–Trinajstić information content (AvgIpc) is 1.98. The summed E-state index contributed by atoms with van der Waals surface area (Å²) in [5.41, 5.74) is 2.27. The Balaban J connectivity index is 2.86. The van der Waals surface area contributed by atoms with Crippen LogP contribution in [-0.2, 0) is 0 Å². The third kappa shape index (κ3) is 2.19. The van der Waals surface area contributed by atoms with Gasteiger partial charge in [0.05, 0.1) is 5.45 Å². The Kier molecular flexibility index (Phi) is 2.88. The second-order valence-corrected chi connectivity index (χ2v) is 2.84. The molecule has 0 fully saturated rings. The maximum Gasteiger partial charge on any atom is 0.126 e. The summed E-state index contributed by atoms with van der Waals surface area (Å²) in [6, 6.07) is 4.94. The summed E-state index contributed by atoms with van der Waals surface area (Å²) in [5, 5.41) is 3.03. The Bertz CT molecular complexity index is 250. The zero-order valence-electron chi connectivity index (χ0n) is 6.20. The highest BCUT2D eigenvalue weighted by molar-refractivity contribution is 9.09. The first-order valence-electron chi connectivity index (χ1n) is 3.30. The summed E-state index contributed by atoms with van der Waals surface area (Å²) in [7, 11) is 0. The molecule has 0 saturated carbocycles. The van der Waals surface area contributed by atoms with Gasteiger partial charge in [-0.2, -0.15) is 0 Å². The fraction of sp³-hybridized carbons (Fsp3) is 0.250. The van der Waals surface area contributed by atoms with E-state index in [-0.39, 0.29) is 5.82 Å². The Labute approximate surface area is 73.7 Å². The van der Waals surface area contributed by atoms with E-state index < -0.39 is 0 Å². The van der Waals surface area contributed by atoms with Gasteiger partial charge < -0.3 is 5.32 Å². The second kappa shape index (κ2) is 3.72. The van der Waals surface area contributed by atoms with Gasteiger partial charge in [0.1, 0.15) is 5.82 Å². The molecule has 1 rings (SSSR count). The predicted octanol–water partition coefficient (Wildman–Crippen LogP) is 2.90. The number of alkyl halides is 1. The van der Waals surface area contributed by atoms with Crippen LogP contribution < -0.4 is 5.32 Å². The Morgan fingerprint density at radius 2 is 2.27 bits per heavy atom. The van der Waals surface area contributed by atoms with Gasteiger partial charge in [-0.25, -0.2) is 4.39 Å². The molecule has 0 aromatic heterocycles. The van der Waals surface area contributed by atoms with E-state index in [2.05, 4.69) is 21.2 Å². The molecule has 0 heterocycles. The number of benzene rings is 1. The largest absolute Gasteiger partial charge is 0.375 e. The molecule has 1 nitrogen and oxygen atoms in total.